The smallest absolute Gasteiger partial charge is 0.250 e. The average molecular weight is 521 g/mol. The SMILES string of the molecule is Cc1ccc(C(C(=O)N(C)C)n2cnc(NC(=O)[C@@H](COCc3ccccc3)NC(=O)C(C)(C)N)c2)cc1. The number of benzene rings is 2. The molecule has 0 aliphatic carbocycles. The number of hydrogen-bond donors (Lipinski definition) is 3. The molecule has 1 unspecified atom stereocenters. The van der Waals surface area contributed by atoms with Crippen LogP contribution in [-0.4, -0.2) is 64.5 Å². The molecule has 10 heteroatoms. The second kappa shape index (κ2) is 12.5. The molecule has 3 aromatic rings. The van der Waals surface area contributed by atoms with Gasteiger partial charge in [0.05, 0.1) is 25.1 Å². The number of imidazole rings is 1. The molecule has 0 saturated heterocycles. The molecule has 38 heavy (non-hydrogen) atoms. The summed E-state index contributed by atoms with van der Waals surface area (Å²) in [6.07, 6.45) is 3.07. The van der Waals surface area contributed by atoms with Crippen LogP contribution in [0.25, 0.3) is 0 Å². The Bertz CT molecular complexity index is 1230. The number of hydrogen-bond acceptors (Lipinski definition) is 6. The molecule has 10 nitrogen and oxygen atoms in total. The van der Waals surface area contributed by atoms with Crippen LogP contribution in [0.3, 0.4) is 0 Å². The highest BCUT2D eigenvalue weighted by Gasteiger charge is 2.29. The monoisotopic (exact) mass is 520 g/mol. The highest BCUT2D eigenvalue weighted by molar-refractivity contribution is 5.98. The number of carbonyl (C=O) groups is 3. The summed E-state index contributed by atoms with van der Waals surface area (Å²) in [6, 6.07) is 15.5. The number of aryl methyl sites for hydroxylation is 1. The molecule has 2 aromatic carbocycles. The van der Waals surface area contributed by atoms with Crippen LogP contribution < -0.4 is 16.4 Å². The molecule has 0 bridgehead atoms. The van der Waals surface area contributed by atoms with Crippen molar-refractivity contribution in [1.29, 1.82) is 0 Å². The standard InChI is InChI=1S/C28H36N6O4/c1-19-11-13-21(14-12-19)24(26(36)33(4)5)34-15-23(30-18-34)32-25(35)22(31-27(37)28(2,3)29)17-38-16-20-9-7-6-8-10-20/h6-15,18,22,24H,16-17,29H2,1-5H3,(H,31,37)(H,32,35)/t22-,24?/m1/s1. The summed E-state index contributed by atoms with van der Waals surface area (Å²) < 4.78 is 7.37. The zero-order chi connectivity index (χ0) is 27.9. The summed E-state index contributed by atoms with van der Waals surface area (Å²) in [5, 5.41) is 5.38. The fourth-order valence-corrected chi connectivity index (χ4v) is 3.59. The number of amides is 3. The van der Waals surface area contributed by atoms with Crippen LogP contribution in [-0.2, 0) is 25.7 Å². The van der Waals surface area contributed by atoms with Gasteiger partial charge in [0.15, 0.2) is 5.82 Å². The fraction of sp³-hybridized carbons (Fsp3) is 0.357. The second-order valence-electron chi connectivity index (χ2n) is 9.99. The molecule has 0 saturated carbocycles. The van der Waals surface area contributed by atoms with Crippen molar-refractivity contribution in [3.8, 4) is 0 Å². The lowest BCUT2D eigenvalue weighted by molar-refractivity contribution is -0.131. The van der Waals surface area contributed by atoms with E-state index in [2.05, 4.69) is 15.6 Å². The van der Waals surface area contributed by atoms with Crippen molar-refractivity contribution in [2.45, 2.75) is 45.0 Å². The van der Waals surface area contributed by atoms with E-state index in [1.807, 2.05) is 61.5 Å². The summed E-state index contributed by atoms with van der Waals surface area (Å²) in [5.74, 6) is -0.934. The van der Waals surface area contributed by atoms with E-state index in [-0.39, 0.29) is 24.9 Å². The molecule has 0 fully saturated rings. The molecule has 0 aliphatic heterocycles. The van der Waals surface area contributed by atoms with Gasteiger partial charge in [-0.1, -0.05) is 60.2 Å². The van der Waals surface area contributed by atoms with E-state index in [9.17, 15) is 14.4 Å². The zero-order valence-electron chi connectivity index (χ0n) is 22.5. The van der Waals surface area contributed by atoms with Gasteiger partial charge >= 0.3 is 0 Å². The molecule has 0 radical (unpaired) electrons. The molecule has 0 aliphatic rings. The van der Waals surface area contributed by atoms with Gasteiger partial charge in [0.2, 0.25) is 11.8 Å². The van der Waals surface area contributed by atoms with Crippen molar-refractivity contribution in [2.75, 3.05) is 26.0 Å². The molecule has 4 N–H and O–H groups in total. The predicted molar refractivity (Wildman–Crippen MR) is 145 cm³/mol. The van der Waals surface area contributed by atoms with E-state index < -0.39 is 29.4 Å². The van der Waals surface area contributed by atoms with Crippen LogP contribution in [0, 0.1) is 6.92 Å². The number of likely N-dealkylation sites (N-methyl/N-ethyl adjacent to an activating group) is 1. The van der Waals surface area contributed by atoms with Crippen molar-refractivity contribution < 1.29 is 19.1 Å². The van der Waals surface area contributed by atoms with Gasteiger partial charge < -0.3 is 30.6 Å². The van der Waals surface area contributed by atoms with Gasteiger partial charge in [0, 0.05) is 20.3 Å². The first-order chi connectivity index (χ1) is 18.0. The van der Waals surface area contributed by atoms with Gasteiger partial charge in [-0.05, 0) is 31.9 Å². The average Bonchev–Trinajstić information content (AvgIpc) is 3.32. The number of rotatable bonds is 11. The number of anilines is 1. The van der Waals surface area contributed by atoms with E-state index in [0.29, 0.717) is 0 Å². The molecule has 1 heterocycles. The van der Waals surface area contributed by atoms with E-state index in [0.717, 1.165) is 16.7 Å². The molecular weight excluding hydrogens is 484 g/mol. The minimum atomic E-state index is -1.19. The van der Waals surface area contributed by atoms with Gasteiger partial charge in [0.1, 0.15) is 12.1 Å². The number of nitrogens with zero attached hydrogens (tertiary/aromatic N) is 3. The van der Waals surface area contributed by atoms with Crippen molar-refractivity contribution in [2.24, 2.45) is 5.73 Å². The lowest BCUT2D eigenvalue weighted by atomic mass is 10.0. The molecule has 202 valence electrons. The summed E-state index contributed by atoms with van der Waals surface area (Å²) in [7, 11) is 3.37. The zero-order valence-corrected chi connectivity index (χ0v) is 22.5. The molecule has 3 rings (SSSR count). The highest BCUT2D eigenvalue weighted by Crippen LogP contribution is 2.22. The van der Waals surface area contributed by atoms with E-state index in [4.69, 9.17) is 10.5 Å². The Balaban J connectivity index is 1.77. The van der Waals surface area contributed by atoms with Crippen LogP contribution in [0.15, 0.2) is 67.1 Å². The molecule has 0 spiro atoms. The quantitative estimate of drug-likeness (QED) is 0.355. The lowest BCUT2D eigenvalue weighted by Crippen LogP contribution is -2.56. The Morgan fingerprint density at radius 1 is 1.08 bits per heavy atom. The number of nitrogens with one attached hydrogen (secondary N) is 2. The summed E-state index contributed by atoms with van der Waals surface area (Å²) in [6.45, 7) is 5.27. The Morgan fingerprint density at radius 3 is 2.34 bits per heavy atom. The van der Waals surface area contributed by atoms with E-state index >= 15 is 0 Å². The van der Waals surface area contributed by atoms with Crippen LogP contribution in [0.5, 0.6) is 0 Å². The normalized spacial score (nSPS) is 12.9. The summed E-state index contributed by atoms with van der Waals surface area (Å²) >= 11 is 0. The minimum absolute atomic E-state index is 0.0750. The largest absolute Gasteiger partial charge is 0.374 e. The topological polar surface area (TPSA) is 132 Å². The summed E-state index contributed by atoms with van der Waals surface area (Å²) in [5.41, 5.74) is 7.53. The molecule has 2 atom stereocenters. The summed E-state index contributed by atoms with van der Waals surface area (Å²) in [4.78, 5) is 44.5. The Labute approximate surface area is 223 Å². The van der Waals surface area contributed by atoms with Crippen LogP contribution in [0.4, 0.5) is 5.82 Å². The first-order valence-corrected chi connectivity index (χ1v) is 12.3. The molecule has 1 aromatic heterocycles. The third-order valence-electron chi connectivity index (χ3n) is 5.82. The fourth-order valence-electron chi connectivity index (χ4n) is 3.59. The van der Waals surface area contributed by atoms with Crippen LogP contribution in [0.2, 0.25) is 0 Å². The maximum absolute atomic E-state index is 13.2. The van der Waals surface area contributed by atoms with E-state index in [1.54, 1.807) is 38.7 Å². The minimum Gasteiger partial charge on any atom is -0.374 e. The number of carbonyl (C=O) groups excluding carboxylic acids is 3. The second-order valence-corrected chi connectivity index (χ2v) is 9.99. The van der Waals surface area contributed by atoms with E-state index in [1.165, 1.54) is 11.2 Å². The lowest BCUT2D eigenvalue weighted by Gasteiger charge is -2.23. The number of nitrogens with two attached hydrogens (primary N) is 1. The van der Waals surface area contributed by atoms with Gasteiger partial charge in [0.25, 0.3) is 5.91 Å². The first-order valence-electron chi connectivity index (χ1n) is 12.3. The maximum atomic E-state index is 13.2. The van der Waals surface area contributed by atoms with Crippen molar-refractivity contribution >= 4 is 23.5 Å². The van der Waals surface area contributed by atoms with Crippen molar-refractivity contribution in [3.05, 3.63) is 83.8 Å². The molecular formula is C28H36N6O4. The van der Waals surface area contributed by atoms with Crippen LogP contribution in [0.1, 0.15) is 36.6 Å². The van der Waals surface area contributed by atoms with Gasteiger partial charge in [-0.15, -0.1) is 0 Å². The van der Waals surface area contributed by atoms with Crippen LogP contribution >= 0.6 is 0 Å². The number of ether oxygens (including phenoxy) is 1. The Morgan fingerprint density at radius 2 is 1.74 bits per heavy atom. The van der Waals surface area contributed by atoms with Crippen molar-refractivity contribution in [3.63, 3.8) is 0 Å². The predicted octanol–water partition coefficient (Wildman–Crippen LogP) is 2.25. The van der Waals surface area contributed by atoms with Gasteiger partial charge in [-0.3, -0.25) is 14.4 Å². The Kier molecular flexibility index (Phi) is 9.38. The Hall–Kier alpha value is -4.02. The van der Waals surface area contributed by atoms with Gasteiger partial charge in [-0.2, -0.15) is 0 Å². The third kappa shape index (κ3) is 7.74. The van der Waals surface area contributed by atoms with Gasteiger partial charge in [-0.25, -0.2) is 4.98 Å². The number of aromatic nitrogens is 2. The third-order valence-corrected chi connectivity index (χ3v) is 5.82. The molecule has 3 amide bonds. The maximum Gasteiger partial charge on any atom is 0.250 e. The van der Waals surface area contributed by atoms with Crippen molar-refractivity contribution in [1.82, 2.24) is 19.8 Å². The first kappa shape index (κ1) is 28.5. The highest BCUT2D eigenvalue weighted by atomic mass is 16.5.